The summed E-state index contributed by atoms with van der Waals surface area (Å²) in [6.07, 6.45) is 0.611. The standard InChI is InChI=1S/C28H35N3O5S/c1-4-36-14-9-13-30(28(33)29-23-16-24(34-2)18-25(17-23)35-3)21-27(32)31(20-26-12-8-15-37-26)19-22-10-6-5-7-11-22/h5-8,10-12,15-18H,4,9,13-14,19-21H2,1-3H3,(H,29,33). The highest BCUT2D eigenvalue weighted by Crippen LogP contribution is 2.26. The molecular weight excluding hydrogens is 490 g/mol. The highest BCUT2D eigenvalue weighted by atomic mass is 32.1. The van der Waals surface area contributed by atoms with Crippen molar-refractivity contribution in [2.24, 2.45) is 0 Å². The van der Waals surface area contributed by atoms with E-state index in [-0.39, 0.29) is 18.5 Å². The number of nitrogens with one attached hydrogen (secondary N) is 1. The van der Waals surface area contributed by atoms with Gasteiger partial charge in [0.25, 0.3) is 0 Å². The molecule has 0 aliphatic carbocycles. The number of anilines is 1. The number of benzene rings is 2. The smallest absolute Gasteiger partial charge is 0.322 e. The Bertz CT molecular complexity index is 1090. The first-order valence-corrected chi connectivity index (χ1v) is 13.1. The summed E-state index contributed by atoms with van der Waals surface area (Å²) in [6.45, 7) is 4.28. The third-order valence-electron chi connectivity index (χ3n) is 5.63. The second-order valence-corrected chi connectivity index (χ2v) is 9.35. The van der Waals surface area contributed by atoms with Gasteiger partial charge in [-0.05, 0) is 30.4 Å². The Morgan fingerprint density at radius 1 is 0.919 bits per heavy atom. The summed E-state index contributed by atoms with van der Waals surface area (Å²) in [5, 5.41) is 4.89. The number of carbonyl (C=O) groups is 2. The summed E-state index contributed by atoms with van der Waals surface area (Å²) in [5.74, 6) is 0.976. The van der Waals surface area contributed by atoms with Crippen LogP contribution in [0.3, 0.4) is 0 Å². The molecule has 0 bridgehead atoms. The topological polar surface area (TPSA) is 80.3 Å². The number of thiophene rings is 1. The SMILES string of the molecule is CCOCCCN(CC(=O)N(Cc1ccccc1)Cc1cccs1)C(=O)Nc1cc(OC)cc(OC)c1. The molecule has 3 amide bonds. The van der Waals surface area contributed by atoms with Crippen LogP contribution < -0.4 is 14.8 Å². The van der Waals surface area contributed by atoms with Gasteiger partial charge < -0.3 is 29.3 Å². The van der Waals surface area contributed by atoms with Gasteiger partial charge in [-0.15, -0.1) is 11.3 Å². The van der Waals surface area contributed by atoms with Gasteiger partial charge in [0.2, 0.25) is 5.91 Å². The monoisotopic (exact) mass is 525 g/mol. The molecule has 0 atom stereocenters. The van der Waals surface area contributed by atoms with Crippen LogP contribution in [-0.4, -0.2) is 62.3 Å². The zero-order valence-corrected chi connectivity index (χ0v) is 22.5. The Kier molecular flexibility index (Phi) is 11.3. The highest BCUT2D eigenvalue weighted by Gasteiger charge is 2.22. The van der Waals surface area contributed by atoms with Crippen molar-refractivity contribution in [2.45, 2.75) is 26.4 Å². The number of hydrogen-bond acceptors (Lipinski definition) is 6. The van der Waals surface area contributed by atoms with Crippen LogP contribution in [0.5, 0.6) is 11.5 Å². The molecule has 9 heteroatoms. The lowest BCUT2D eigenvalue weighted by Gasteiger charge is -2.28. The molecule has 8 nitrogen and oxygen atoms in total. The molecule has 198 valence electrons. The molecule has 1 heterocycles. The number of urea groups is 1. The third kappa shape index (κ3) is 9.11. The van der Waals surface area contributed by atoms with E-state index in [1.807, 2.05) is 54.8 Å². The lowest BCUT2D eigenvalue weighted by Crippen LogP contribution is -2.44. The first-order chi connectivity index (χ1) is 18.0. The zero-order chi connectivity index (χ0) is 26.5. The Morgan fingerprint density at radius 3 is 2.27 bits per heavy atom. The van der Waals surface area contributed by atoms with Crippen LogP contribution in [-0.2, 0) is 22.6 Å². The largest absolute Gasteiger partial charge is 0.497 e. The summed E-state index contributed by atoms with van der Waals surface area (Å²) in [4.78, 5) is 31.3. The number of carbonyl (C=O) groups excluding carboxylic acids is 2. The van der Waals surface area contributed by atoms with Gasteiger partial charge >= 0.3 is 6.03 Å². The van der Waals surface area contributed by atoms with Crippen LogP contribution in [0.25, 0.3) is 0 Å². The fourth-order valence-corrected chi connectivity index (χ4v) is 4.45. The second-order valence-electron chi connectivity index (χ2n) is 8.32. The van der Waals surface area contributed by atoms with Gasteiger partial charge in [0.15, 0.2) is 0 Å². The Hall–Kier alpha value is -3.56. The summed E-state index contributed by atoms with van der Waals surface area (Å²) < 4.78 is 16.1. The first-order valence-electron chi connectivity index (χ1n) is 12.2. The quantitative estimate of drug-likeness (QED) is 0.291. The van der Waals surface area contributed by atoms with E-state index in [0.29, 0.717) is 56.5 Å². The van der Waals surface area contributed by atoms with E-state index in [9.17, 15) is 9.59 Å². The summed E-state index contributed by atoms with van der Waals surface area (Å²) in [6, 6.07) is 18.6. The van der Waals surface area contributed by atoms with Crippen molar-refractivity contribution in [3.8, 4) is 11.5 Å². The van der Waals surface area contributed by atoms with Crippen molar-refractivity contribution in [2.75, 3.05) is 45.8 Å². The summed E-state index contributed by atoms with van der Waals surface area (Å²) in [7, 11) is 3.10. The molecule has 0 spiro atoms. The number of hydrogen-bond donors (Lipinski definition) is 1. The van der Waals surface area contributed by atoms with Crippen LogP contribution in [0.2, 0.25) is 0 Å². The predicted molar refractivity (Wildman–Crippen MR) is 146 cm³/mol. The first kappa shape index (κ1) is 28.0. The molecule has 0 aliphatic heterocycles. The predicted octanol–water partition coefficient (Wildman–Crippen LogP) is 5.25. The number of amides is 3. The molecule has 37 heavy (non-hydrogen) atoms. The van der Waals surface area contributed by atoms with Crippen LogP contribution in [0.1, 0.15) is 23.8 Å². The average molecular weight is 526 g/mol. The Balaban J connectivity index is 1.77. The number of methoxy groups -OCH3 is 2. The molecule has 0 aliphatic rings. The van der Waals surface area contributed by atoms with E-state index >= 15 is 0 Å². The fourth-order valence-electron chi connectivity index (χ4n) is 3.73. The van der Waals surface area contributed by atoms with Crippen LogP contribution in [0.4, 0.5) is 10.5 Å². The van der Waals surface area contributed by atoms with E-state index in [1.54, 1.807) is 48.7 Å². The van der Waals surface area contributed by atoms with Crippen molar-refractivity contribution in [3.63, 3.8) is 0 Å². The Morgan fingerprint density at radius 2 is 1.65 bits per heavy atom. The molecule has 1 aromatic heterocycles. The molecule has 3 rings (SSSR count). The van der Waals surface area contributed by atoms with Crippen LogP contribution in [0, 0.1) is 0 Å². The van der Waals surface area contributed by atoms with Gasteiger partial charge in [-0.3, -0.25) is 4.79 Å². The van der Waals surface area contributed by atoms with Crippen LogP contribution in [0.15, 0.2) is 66.0 Å². The van der Waals surface area contributed by atoms with Crippen molar-refractivity contribution in [3.05, 3.63) is 76.5 Å². The fraction of sp³-hybridized carbons (Fsp3) is 0.357. The zero-order valence-electron chi connectivity index (χ0n) is 21.6. The molecule has 0 fully saturated rings. The van der Waals surface area contributed by atoms with Crippen molar-refractivity contribution in [1.29, 1.82) is 0 Å². The van der Waals surface area contributed by atoms with Gasteiger partial charge in [-0.25, -0.2) is 4.79 Å². The second kappa shape index (κ2) is 14.9. The normalized spacial score (nSPS) is 10.6. The van der Waals surface area contributed by atoms with Gasteiger partial charge in [-0.2, -0.15) is 0 Å². The average Bonchev–Trinajstić information content (AvgIpc) is 3.43. The lowest BCUT2D eigenvalue weighted by atomic mass is 10.2. The summed E-state index contributed by atoms with van der Waals surface area (Å²) >= 11 is 1.61. The van der Waals surface area contributed by atoms with E-state index in [1.165, 1.54) is 4.90 Å². The van der Waals surface area contributed by atoms with E-state index < -0.39 is 0 Å². The number of ether oxygens (including phenoxy) is 3. The molecule has 0 radical (unpaired) electrons. The highest BCUT2D eigenvalue weighted by molar-refractivity contribution is 7.09. The van der Waals surface area contributed by atoms with Crippen molar-refractivity contribution in [1.82, 2.24) is 9.80 Å². The molecular formula is C28H35N3O5S. The van der Waals surface area contributed by atoms with Crippen molar-refractivity contribution >= 4 is 29.0 Å². The van der Waals surface area contributed by atoms with Gasteiger partial charge in [-0.1, -0.05) is 36.4 Å². The molecule has 0 unspecified atom stereocenters. The molecule has 1 N–H and O–H groups in total. The van der Waals surface area contributed by atoms with E-state index in [0.717, 1.165) is 10.4 Å². The summed E-state index contributed by atoms with van der Waals surface area (Å²) in [5.41, 5.74) is 1.55. The maximum atomic E-state index is 13.6. The van der Waals surface area contributed by atoms with Gasteiger partial charge in [0.05, 0.1) is 20.8 Å². The van der Waals surface area contributed by atoms with Crippen molar-refractivity contribution < 1.29 is 23.8 Å². The van der Waals surface area contributed by atoms with Crippen LogP contribution >= 0.6 is 11.3 Å². The van der Waals surface area contributed by atoms with Gasteiger partial charge in [0, 0.05) is 55.1 Å². The maximum absolute atomic E-state index is 13.6. The Labute approximate surface area is 222 Å². The van der Waals surface area contributed by atoms with E-state index in [4.69, 9.17) is 14.2 Å². The van der Waals surface area contributed by atoms with Gasteiger partial charge in [0.1, 0.15) is 18.0 Å². The number of rotatable bonds is 14. The number of nitrogens with zero attached hydrogens (tertiary/aromatic N) is 2. The lowest BCUT2D eigenvalue weighted by molar-refractivity contribution is -0.133. The van der Waals surface area contributed by atoms with E-state index in [2.05, 4.69) is 5.32 Å². The minimum Gasteiger partial charge on any atom is -0.497 e. The molecule has 2 aromatic carbocycles. The molecule has 0 saturated carbocycles. The molecule has 0 saturated heterocycles. The maximum Gasteiger partial charge on any atom is 0.322 e. The minimum absolute atomic E-state index is 0.0583. The minimum atomic E-state index is -0.379. The third-order valence-corrected chi connectivity index (χ3v) is 6.49. The molecule has 3 aromatic rings.